The summed E-state index contributed by atoms with van der Waals surface area (Å²) < 4.78 is 16.6. The molecule has 2 aliphatic rings. The third kappa shape index (κ3) is 3.76. The average molecular weight is 305 g/mol. The van der Waals surface area contributed by atoms with Crippen molar-refractivity contribution >= 4 is 5.97 Å². The summed E-state index contributed by atoms with van der Waals surface area (Å²) >= 11 is 0. The van der Waals surface area contributed by atoms with Gasteiger partial charge in [0.15, 0.2) is 5.79 Å². The fraction of sp³-hybridized carbons (Fsp3) is 0.647. The van der Waals surface area contributed by atoms with Crippen molar-refractivity contribution in [3.05, 3.63) is 23.8 Å². The lowest BCUT2D eigenvalue weighted by Crippen LogP contribution is -2.37. The zero-order valence-corrected chi connectivity index (χ0v) is 13.2. The number of rotatable bonds is 5. The lowest BCUT2D eigenvalue weighted by atomic mass is 9.86. The highest BCUT2D eigenvalue weighted by Gasteiger charge is 2.52. The molecule has 0 bridgehead atoms. The van der Waals surface area contributed by atoms with E-state index in [1.54, 1.807) is 6.08 Å². The molecular formula is C17H23NO4. The minimum Gasteiger partial charge on any atom is -0.469 e. The van der Waals surface area contributed by atoms with Gasteiger partial charge in [-0.15, -0.1) is 0 Å². The van der Waals surface area contributed by atoms with E-state index >= 15 is 0 Å². The molecule has 5 heteroatoms. The largest absolute Gasteiger partial charge is 0.469 e. The Balaban J connectivity index is 2.10. The molecule has 5 nitrogen and oxygen atoms in total. The smallest absolute Gasteiger partial charge is 0.305 e. The van der Waals surface area contributed by atoms with Crippen molar-refractivity contribution in [3.63, 3.8) is 0 Å². The number of nitriles is 1. The fourth-order valence-corrected chi connectivity index (χ4v) is 3.42. The van der Waals surface area contributed by atoms with E-state index in [1.807, 2.05) is 13.0 Å². The highest BCUT2D eigenvalue weighted by molar-refractivity contribution is 5.69. The molecule has 1 aliphatic carbocycles. The predicted molar refractivity (Wildman–Crippen MR) is 80.6 cm³/mol. The number of hydrogen-bond acceptors (Lipinski definition) is 5. The second-order valence-corrected chi connectivity index (χ2v) is 5.84. The predicted octanol–water partition coefficient (Wildman–Crippen LogP) is 2.73. The molecule has 0 N–H and O–H groups in total. The third-order valence-corrected chi connectivity index (χ3v) is 4.54. The first-order valence-electron chi connectivity index (χ1n) is 7.69. The molecule has 2 rings (SSSR count). The summed E-state index contributed by atoms with van der Waals surface area (Å²) in [6.45, 7) is 3.18. The van der Waals surface area contributed by atoms with Crippen LogP contribution >= 0.6 is 0 Å². The van der Waals surface area contributed by atoms with E-state index in [1.165, 1.54) is 13.2 Å². The van der Waals surface area contributed by atoms with Crippen molar-refractivity contribution in [2.45, 2.75) is 38.4 Å². The van der Waals surface area contributed by atoms with Crippen LogP contribution in [0.15, 0.2) is 23.8 Å². The molecule has 0 unspecified atom stereocenters. The summed E-state index contributed by atoms with van der Waals surface area (Å²) in [5.41, 5.74) is 1.03. The molecule has 0 aromatic heterocycles. The average Bonchev–Trinajstić information content (AvgIpc) is 3.12. The van der Waals surface area contributed by atoms with E-state index in [-0.39, 0.29) is 17.8 Å². The Kier molecular flexibility index (Phi) is 5.76. The number of nitrogens with zero attached hydrogens (tertiary/aromatic N) is 1. The first kappa shape index (κ1) is 16.7. The number of hydrogen-bond donors (Lipinski definition) is 0. The Hall–Kier alpha value is -1.64. The number of methoxy groups -OCH3 is 1. The minimum absolute atomic E-state index is 0.138. The van der Waals surface area contributed by atoms with Crippen molar-refractivity contribution in [2.24, 2.45) is 11.8 Å². The normalized spacial score (nSPS) is 27.4. The van der Waals surface area contributed by atoms with Gasteiger partial charge in [0.05, 0.1) is 26.4 Å². The summed E-state index contributed by atoms with van der Waals surface area (Å²) in [5.74, 6) is -0.391. The molecule has 22 heavy (non-hydrogen) atoms. The first-order valence-corrected chi connectivity index (χ1v) is 7.69. The van der Waals surface area contributed by atoms with Gasteiger partial charge in [0.2, 0.25) is 0 Å². The standard InChI is InChI=1S/C17H23NO4/c1-13(4-3-9-18)5-6-15-14(12-16(19)20-2)7-8-17(15)21-10-11-22-17/h3-5,14-15H,6-8,10-12H2,1-2H3/b4-3+,13-5+/t14-,15-/m1/s1. The first-order chi connectivity index (χ1) is 10.6. The van der Waals surface area contributed by atoms with E-state index < -0.39 is 5.79 Å². The van der Waals surface area contributed by atoms with Crippen LogP contribution in [0.4, 0.5) is 0 Å². The van der Waals surface area contributed by atoms with Gasteiger partial charge in [-0.2, -0.15) is 5.26 Å². The lowest BCUT2D eigenvalue weighted by Gasteiger charge is -2.31. The van der Waals surface area contributed by atoms with Gasteiger partial charge < -0.3 is 14.2 Å². The number of carbonyl (C=O) groups excluding carboxylic acids is 1. The molecule has 2 atom stereocenters. The van der Waals surface area contributed by atoms with Crippen LogP contribution in [0.5, 0.6) is 0 Å². The van der Waals surface area contributed by atoms with Crippen molar-refractivity contribution in [2.75, 3.05) is 20.3 Å². The topological polar surface area (TPSA) is 68.6 Å². The minimum atomic E-state index is -0.547. The molecule has 2 fully saturated rings. The van der Waals surface area contributed by atoms with E-state index in [0.717, 1.165) is 24.8 Å². The molecule has 1 spiro atoms. The van der Waals surface area contributed by atoms with E-state index in [0.29, 0.717) is 19.6 Å². The van der Waals surface area contributed by atoms with Gasteiger partial charge in [-0.3, -0.25) is 4.79 Å². The fourth-order valence-electron chi connectivity index (χ4n) is 3.42. The Bertz CT molecular complexity index is 497. The van der Waals surface area contributed by atoms with Gasteiger partial charge in [-0.05, 0) is 31.8 Å². The second-order valence-electron chi connectivity index (χ2n) is 5.84. The van der Waals surface area contributed by atoms with Crippen molar-refractivity contribution in [1.82, 2.24) is 0 Å². The van der Waals surface area contributed by atoms with Gasteiger partial charge in [0, 0.05) is 24.8 Å². The molecule has 0 radical (unpaired) electrons. The molecule has 1 aliphatic heterocycles. The zero-order chi connectivity index (χ0) is 16.0. The molecule has 1 saturated heterocycles. The van der Waals surface area contributed by atoms with Gasteiger partial charge in [-0.25, -0.2) is 0 Å². The number of ether oxygens (including phenoxy) is 3. The molecule has 1 saturated carbocycles. The molecule has 0 amide bonds. The Morgan fingerprint density at radius 1 is 1.45 bits per heavy atom. The molecule has 0 aromatic carbocycles. The van der Waals surface area contributed by atoms with Crippen molar-refractivity contribution < 1.29 is 19.0 Å². The number of esters is 1. The van der Waals surface area contributed by atoms with Gasteiger partial charge in [0.25, 0.3) is 0 Å². The van der Waals surface area contributed by atoms with E-state index in [9.17, 15) is 4.79 Å². The van der Waals surface area contributed by atoms with Crippen LogP contribution in [-0.4, -0.2) is 32.1 Å². The molecule has 1 heterocycles. The van der Waals surface area contributed by atoms with Crippen LogP contribution in [-0.2, 0) is 19.0 Å². The van der Waals surface area contributed by atoms with E-state index in [4.69, 9.17) is 19.5 Å². The number of carbonyl (C=O) groups is 1. The molecule has 0 aromatic rings. The zero-order valence-electron chi connectivity index (χ0n) is 13.2. The summed E-state index contributed by atoms with van der Waals surface area (Å²) in [6, 6.07) is 1.99. The Morgan fingerprint density at radius 3 is 2.82 bits per heavy atom. The SMILES string of the molecule is COC(=O)C[C@H]1CCC2(OCCO2)[C@@H]1C/C=C(C)/C=C/C#N. The van der Waals surface area contributed by atoms with Crippen LogP contribution in [0.1, 0.15) is 32.6 Å². The van der Waals surface area contributed by atoms with Gasteiger partial charge in [0.1, 0.15) is 0 Å². The van der Waals surface area contributed by atoms with Crippen LogP contribution < -0.4 is 0 Å². The van der Waals surface area contributed by atoms with Gasteiger partial charge >= 0.3 is 5.97 Å². The monoisotopic (exact) mass is 305 g/mol. The van der Waals surface area contributed by atoms with Gasteiger partial charge in [-0.1, -0.05) is 11.6 Å². The second kappa shape index (κ2) is 7.57. The maximum absolute atomic E-state index is 11.6. The van der Waals surface area contributed by atoms with Crippen LogP contribution in [0, 0.1) is 23.2 Å². The third-order valence-electron chi connectivity index (χ3n) is 4.54. The molecular weight excluding hydrogens is 282 g/mol. The highest BCUT2D eigenvalue weighted by Crippen LogP contribution is 2.49. The van der Waals surface area contributed by atoms with Crippen molar-refractivity contribution in [1.29, 1.82) is 5.26 Å². The maximum atomic E-state index is 11.6. The quantitative estimate of drug-likeness (QED) is 0.444. The highest BCUT2D eigenvalue weighted by atomic mass is 16.7. The Labute approximate surface area is 131 Å². The van der Waals surface area contributed by atoms with Crippen LogP contribution in [0.25, 0.3) is 0 Å². The lowest BCUT2D eigenvalue weighted by molar-refractivity contribution is -0.186. The number of allylic oxidation sites excluding steroid dienone is 4. The van der Waals surface area contributed by atoms with Crippen LogP contribution in [0.3, 0.4) is 0 Å². The Morgan fingerprint density at radius 2 is 2.18 bits per heavy atom. The molecule has 120 valence electrons. The summed E-state index contributed by atoms with van der Waals surface area (Å²) in [4.78, 5) is 11.6. The summed E-state index contributed by atoms with van der Waals surface area (Å²) in [6.07, 6.45) is 8.22. The summed E-state index contributed by atoms with van der Waals surface area (Å²) in [7, 11) is 1.42. The van der Waals surface area contributed by atoms with Crippen molar-refractivity contribution in [3.8, 4) is 6.07 Å². The summed E-state index contributed by atoms with van der Waals surface area (Å²) in [5, 5.41) is 8.58. The maximum Gasteiger partial charge on any atom is 0.305 e. The van der Waals surface area contributed by atoms with E-state index in [2.05, 4.69) is 6.08 Å². The van der Waals surface area contributed by atoms with Crippen LogP contribution in [0.2, 0.25) is 0 Å².